The molecular weight excluding hydrogens is 216 g/mol. The zero-order valence-corrected chi connectivity index (χ0v) is 9.67. The van der Waals surface area contributed by atoms with Gasteiger partial charge >= 0.3 is 5.97 Å². The molecule has 0 N–H and O–H groups in total. The van der Waals surface area contributed by atoms with E-state index in [1.54, 1.807) is 0 Å². The highest BCUT2D eigenvalue weighted by molar-refractivity contribution is 5.76. The van der Waals surface area contributed by atoms with E-state index in [2.05, 4.69) is 15.6 Å². The van der Waals surface area contributed by atoms with Crippen LogP contribution in [0.5, 0.6) is 0 Å². The van der Waals surface area contributed by atoms with Gasteiger partial charge in [0, 0.05) is 6.04 Å². The molecule has 4 heteroatoms. The largest absolute Gasteiger partial charge is 0.469 e. The molecule has 2 aromatic rings. The quantitative estimate of drug-likeness (QED) is 0.742. The van der Waals surface area contributed by atoms with E-state index >= 15 is 0 Å². The Balaban J connectivity index is 1.81. The Hall–Kier alpha value is -1.84. The summed E-state index contributed by atoms with van der Waals surface area (Å²) in [6.07, 6.45) is 3.57. The molecule has 1 aliphatic rings. The molecule has 0 saturated heterocycles. The Morgan fingerprint density at radius 1 is 1.41 bits per heavy atom. The number of imidazole rings is 1. The third-order valence-electron chi connectivity index (χ3n) is 3.52. The van der Waals surface area contributed by atoms with Crippen LogP contribution < -0.4 is 0 Å². The lowest BCUT2D eigenvalue weighted by atomic mass is 9.80. The standard InChI is InChI=1S/C13H14N2O2/c1-17-13(16)9-6-10(7-9)15-8-14-11-4-2-3-5-12(11)15/h2-5,8-10H,6-7H2,1H3/t9-,10+. The zero-order chi connectivity index (χ0) is 11.8. The Labute approximate surface area is 99.2 Å². The van der Waals surface area contributed by atoms with Crippen LogP contribution in [0.1, 0.15) is 18.9 Å². The molecule has 4 nitrogen and oxygen atoms in total. The Kier molecular flexibility index (Phi) is 2.35. The third-order valence-corrected chi connectivity index (χ3v) is 3.52. The van der Waals surface area contributed by atoms with E-state index < -0.39 is 0 Å². The first-order valence-corrected chi connectivity index (χ1v) is 5.79. The van der Waals surface area contributed by atoms with Crippen molar-refractivity contribution in [1.82, 2.24) is 9.55 Å². The SMILES string of the molecule is COC(=O)[C@H]1C[C@@H](n2cnc3ccccc32)C1. The Morgan fingerprint density at radius 2 is 2.18 bits per heavy atom. The summed E-state index contributed by atoms with van der Waals surface area (Å²) in [5.41, 5.74) is 2.15. The molecule has 0 atom stereocenters. The number of para-hydroxylation sites is 2. The zero-order valence-electron chi connectivity index (χ0n) is 9.67. The van der Waals surface area contributed by atoms with Crippen molar-refractivity contribution in [2.24, 2.45) is 5.92 Å². The fraction of sp³-hybridized carbons (Fsp3) is 0.385. The van der Waals surface area contributed by atoms with Gasteiger partial charge in [-0.05, 0) is 25.0 Å². The number of methoxy groups -OCH3 is 1. The van der Waals surface area contributed by atoms with Crippen molar-refractivity contribution >= 4 is 17.0 Å². The van der Waals surface area contributed by atoms with Gasteiger partial charge in [0.05, 0.1) is 30.4 Å². The molecule has 17 heavy (non-hydrogen) atoms. The summed E-state index contributed by atoms with van der Waals surface area (Å²) in [6, 6.07) is 8.44. The van der Waals surface area contributed by atoms with Crippen LogP contribution in [0.15, 0.2) is 30.6 Å². The second-order valence-corrected chi connectivity index (χ2v) is 4.49. The van der Waals surface area contributed by atoms with Gasteiger partial charge in [-0.15, -0.1) is 0 Å². The van der Waals surface area contributed by atoms with E-state index in [9.17, 15) is 4.79 Å². The van der Waals surface area contributed by atoms with Gasteiger partial charge in [0.2, 0.25) is 0 Å². The number of esters is 1. The Bertz CT molecular complexity index is 555. The molecule has 0 radical (unpaired) electrons. The first kappa shape index (κ1) is 10.3. The van der Waals surface area contributed by atoms with Crippen LogP contribution >= 0.6 is 0 Å². The minimum Gasteiger partial charge on any atom is -0.469 e. The maximum absolute atomic E-state index is 11.3. The van der Waals surface area contributed by atoms with Crippen molar-refractivity contribution in [3.63, 3.8) is 0 Å². The number of fused-ring (bicyclic) bond motifs is 1. The highest BCUT2D eigenvalue weighted by Gasteiger charge is 2.36. The Morgan fingerprint density at radius 3 is 2.94 bits per heavy atom. The number of rotatable bonds is 2. The predicted octanol–water partition coefficient (Wildman–Crippen LogP) is 2.16. The monoisotopic (exact) mass is 230 g/mol. The van der Waals surface area contributed by atoms with Gasteiger partial charge in [-0.25, -0.2) is 4.98 Å². The summed E-state index contributed by atoms with van der Waals surface area (Å²) < 4.78 is 6.90. The van der Waals surface area contributed by atoms with Gasteiger partial charge in [0.1, 0.15) is 0 Å². The van der Waals surface area contributed by atoms with Crippen molar-refractivity contribution in [2.75, 3.05) is 7.11 Å². The number of hydrogen-bond donors (Lipinski definition) is 0. The van der Waals surface area contributed by atoms with Gasteiger partial charge < -0.3 is 9.30 Å². The number of ether oxygens (including phenoxy) is 1. The highest BCUT2D eigenvalue weighted by Crippen LogP contribution is 2.39. The maximum atomic E-state index is 11.3. The van der Waals surface area contributed by atoms with E-state index in [-0.39, 0.29) is 11.9 Å². The molecule has 0 unspecified atom stereocenters. The lowest BCUT2D eigenvalue weighted by Gasteiger charge is -2.34. The van der Waals surface area contributed by atoms with Crippen molar-refractivity contribution in [1.29, 1.82) is 0 Å². The van der Waals surface area contributed by atoms with Gasteiger partial charge in [0.15, 0.2) is 0 Å². The van der Waals surface area contributed by atoms with Gasteiger partial charge in [-0.1, -0.05) is 12.1 Å². The average molecular weight is 230 g/mol. The van der Waals surface area contributed by atoms with Crippen LogP contribution in [0, 0.1) is 5.92 Å². The van der Waals surface area contributed by atoms with Crippen molar-refractivity contribution in [3.8, 4) is 0 Å². The molecule has 0 aliphatic heterocycles. The molecule has 1 heterocycles. The van der Waals surface area contributed by atoms with Crippen molar-refractivity contribution in [3.05, 3.63) is 30.6 Å². The number of carbonyl (C=O) groups is 1. The van der Waals surface area contributed by atoms with Crippen LogP contribution in [0.25, 0.3) is 11.0 Å². The van der Waals surface area contributed by atoms with E-state index in [1.165, 1.54) is 7.11 Å². The lowest BCUT2D eigenvalue weighted by molar-refractivity contribution is -0.149. The molecule has 1 saturated carbocycles. The van der Waals surface area contributed by atoms with E-state index in [0.29, 0.717) is 6.04 Å². The summed E-state index contributed by atoms with van der Waals surface area (Å²) in [4.78, 5) is 15.7. The fourth-order valence-electron chi connectivity index (χ4n) is 2.44. The summed E-state index contributed by atoms with van der Waals surface area (Å²) in [5.74, 6) is -0.0307. The van der Waals surface area contributed by atoms with E-state index in [0.717, 1.165) is 23.9 Å². The van der Waals surface area contributed by atoms with Crippen LogP contribution in [-0.4, -0.2) is 22.6 Å². The van der Waals surface area contributed by atoms with Gasteiger partial charge in [-0.2, -0.15) is 0 Å². The second kappa shape index (κ2) is 3.87. The van der Waals surface area contributed by atoms with Crippen LogP contribution in [0.2, 0.25) is 0 Å². The highest BCUT2D eigenvalue weighted by atomic mass is 16.5. The molecule has 1 aromatic heterocycles. The third kappa shape index (κ3) is 1.60. The normalized spacial score (nSPS) is 23.4. The second-order valence-electron chi connectivity index (χ2n) is 4.49. The smallest absolute Gasteiger partial charge is 0.308 e. The fourth-order valence-corrected chi connectivity index (χ4v) is 2.44. The van der Waals surface area contributed by atoms with Crippen LogP contribution in [-0.2, 0) is 9.53 Å². The average Bonchev–Trinajstić information content (AvgIpc) is 2.71. The van der Waals surface area contributed by atoms with Gasteiger partial charge in [-0.3, -0.25) is 4.79 Å². The molecule has 0 amide bonds. The molecule has 0 spiro atoms. The van der Waals surface area contributed by atoms with Crippen molar-refractivity contribution < 1.29 is 9.53 Å². The molecule has 1 aromatic carbocycles. The number of aromatic nitrogens is 2. The molecule has 88 valence electrons. The number of nitrogens with zero attached hydrogens (tertiary/aromatic N) is 2. The molecule has 1 fully saturated rings. The van der Waals surface area contributed by atoms with E-state index in [4.69, 9.17) is 4.74 Å². The molecule has 1 aliphatic carbocycles. The molecule has 3 rings (SSSR count). The van der Waals surface area contributed by atoms with Crippen LogP contribution in [0.3, 0.4) is 0 Å². The number of benzene rings is 1. The summed E-state index contributed by atoms with van der Waals surface area (Å²) in [5, 5.41) is 0. The summed E-state index contributed by atoms with van der Waals surface area (Å²) >= 11 is 0. The number of hydrogen-bond acceptors (Lipinski definition) is 3. The summed E-state index contributed by atoms with van der Waals surface area (Å²) in [6.45, 7) is 0. The topological polar surface area (TPSA) is 44.1 Å². The first-order chi connectivity index (χ1) is 8.29. The minimum atomic E-state index is -0.0920. The van der Waals surface area contributed by atoms with Gasteiger partial charge in [0.25, 0.3) is 0 Å². The molecule has 0 bridgehead atoms. The lowest BCUT2D eigenvalue weighted by Crippen LogP contribution is -2.32. The predicted molar refractivity (Wildman–Crippen MR) is 63.5 cm³/mol. The number of carbonyl (C=O) groups excluding carboxylic acids is 1. The van der Waals surface area contributed by atoms with E-state index in [1.807, 2.05) is 24.5 Å². The molecular formula is C13H14N2O2. The minimum absolute atomic E-state index is 0.0613. The summed E-state index contributed by atoms with van der Waals surface area (Å²) in [7, 11) is 1.45. The van der Waals surface area contributed by atoms with Crippen molar-refractivity contribution in [2.45, 2.75) is 18.9 Å². The maximum Gasteiger partial charge on any atom is 0.308 e. The van der Waals surface area contributed by atoms with Crippen LogP contribution in [0.4, 0.5) is 0 Å². The first-order valence-electron chi connectivity index (χ1n) is 5.79.